The number of hydrogen-bond donors (Lipinski definition) is 2. The minimum Gasteiger partial charge on any atom is -0.368 e. The predicted octanol–water partition coefficient (Wildman–Crippen LogP) is 1.71. The first-order chi connectivity index (χ1) is 7.83. The lowest BCUT2D eigenvalue weighted by molar-refractivity contribution is -0.183. The number of alkyl halides is 3. The topological polar surface area (TPSA) is 55.1 Å². The third-order valence-corrected chi connectivity index (χ3v) is 3.84. The third-order valence-electron chi connectivity index (χ3n) is 3.84. The van der Waals surface area contributed by atoms with Gasteiger partial charge in [0.25, 0.3) is 0 Å². The number of hydrogen-bond acceptors (Lipinski definition) is 2. The molecule has 17 heavy (non-hydrogen) atoms. The van der Waals surface area contributed by atoms with E-state index in [4.69, 9.17) is 5.73 Å². The normalized spacial score (nSPS) is 32.2. The second kappa shape index (κ2) is 4.15. The van der Waals surface area contributed by atoms with Crippen molar-refractivity contribution in [1.29, 1.82) is 0 Å². The van der Waals surface area contributed by atoms with Crippen LogP contribution in [0.4, 0.5) is 13.2 Å². The SMILES string of the molecule is NC(=O)C1(N[C@@H]2CCC[C@@H](C(F)(F)F)C2)CC1. The molecule has 0 aromatic heterocycles. The molecule has 2 aliphatic carbocycles. The number of amides is 1. The van der Waals surface area contributed by atoms with E-state index in [0.717, 1.165) is 0 Å². The molecule has 98 valence electrons. The lowest BCUT2D eigenvalue weighted by Gasteiger charge is -2.33. The lowest BCUT2D eigenvalue weighted by atomic mass is 9.85. The van der Waals surface area contributed by atoms with Gasteiger partial charge in [0.15, 0.2) is 0 Å². The van der Waals surface area contributed by atoms with Gasteiger partial charge in [-0.05, 0) is 32.1 Å². The highest BCUT2D eigenvalue weighted by Crippen LogP contribution is 2.41. The monoisotopic (exact) mass is 250 g/mol. The summed E-state index contributed by atoms with van der Waals surface area (Å²) in [5.41, 5.74) is 4.54. The van der Waals surface area contributed by atoms with Crippen LogP contribution >= 0.6 is 0 Å². The van der Waals surface area contributed by atoms with Crippen LogP contribution in [0.1, 0.15) is 38.5 Å². The average molecular weight is 250 g/mol. The van der Waals surface area contributed by atoms with Crippen LogP contribution in [0.25, 0.3) is 0 Å². The minimum absolute atomic E-state index is 0.0680. The fraction of sp³-hybridized carbons (Fsp3) is 0.909. The third kappa shape index (κ3) is 2.73. The van der Waals surface area contributed by atoms with Crippen molar-refractivity contribution in [3.63, 3.8) is 0 Å². The second-order valence-corrected chi connectivity index (χ2v) is 5.19. The fourth-order valence-corrected chi connectivity index (χ4v) is 2.60. The van der Waals surface area contributed by atoms with Crippen LogP contribution in [0.3, 0.4) is 0 Å². The number of nitrogens with two attached hydrogens (primary N) is 1. The van der Waals surface area contributed by atoms with Gasteiger partial charge in [0, 0.05) is 6.04 Å². The Kier molecular flexibility index (Phi) is 3.10. The Bertz CT molecular complexity index is 312. The number of carbonyl (C=O) groups is 1. The quantitative estimate of drug-likeness (QED) is 0.801. The summed E-state index contributed by atoms with van der Waals surface area (Å²) in [7, 11) is 0. The van der Waals surface area contributed by atoms with Crippen molar-refractivity contribution in [1.82, 2.24) is 5.32 Å². The highest BCUT2D eigenvalue weighted by atomic mass is 19.4. The van der Waals surface area contributed by atoms with Crippen LogP contribution in [0, 0.1) is 5.92 Å². The van der Waals surface area contributed by atoms with Crippen LogP contribution in [0.5, 0.6) is 0 Å². The molecule has 1 amide bonds. The summed E-state index contributed by atoms with van der Waals surface area (Å²) >= 11 is 0. The van der Waals surface area contributed by atoms with Gasteiger partial charge in [-0.25, -0.2) is 0 Å². The zero-order valence-corrected chi connectivity index (χ0v) is 9.52. The summed E-state index contributed by atoms with van der Waals surface area (Å²) in [6, 6.07) is -0.231. The van der Waals surface area contributed by atoms with Crippen LogP contribution < -0.4 is 11.1 Å². The van der Waals surface area contributed by atoms with Gasteiger partial charge in [0.1, 0.15) is 0 Å². The average Bonchev–Trinajstić information content (AvgIpc) is 2.98. The molecular formula is C11H17F3N2O. The van der Waals surface area contributed by atoms with Crippen molar-refractivity contribution in [2.45, 2.75) is 56.3 Å². The van der Waals surface area contributed by atoms with Gasteiger partial charge in [-0.2, -0.15) is 13.2 Å². The van der Waals surface area contributed by atoms with Gasteiger partial charge >= 0.3 is 6.18 Å². The second-order valence-electron chi connectivity index (χ2n) is 5.19. The maximum Gasteiger partial charge on any atom is 0.391 e. The zero-order chi connectivity index (χ0) is 12.7. The molecule has 3 nitrogen and oxygen atoms in total. The summed E-state index contributed by atoms with van der Waals surface area (Å²) < 4.78 is 37.8. The molecule has 0 saturated heterocycles. The molecule has 0 aliphatic heterocycles. The molecule has 0 unspecified atom stereocenters. The maximum absolute atomic E-state index is 12.6. The van der Waals surface area contributed by atoms with Gasteiger partial charge in [-0.1, -0.05) is 6.42 Å². The van der Waals surface area contributed by atoms with Crippen LogP contribution in [-0.2, 0) is 4.79 Å². The molecule has 2 rings (SSSR count). The minimum atomic E-state index is -4.12. The predicted molar refractivity (Wildman–Crippen MR) is 56.1 cm³/mol. The van der Waals surface area contributed by atoms with E-state index in [2.05, 4.69) is 5.32 Å². The maximum atomic E-state index is 12.6. The van der Waals surface area contributed by atoms with Gasteiger partial charge < -0.3 is 11.1 Å². The Morgan fingerprint density at radius 3 is 2.41 bits per heavy atom. The number of carbonyl (C=O) groups excluding carboxylic acids is 1. The summed E-state index contributed by atoms with van der Waals surface area (Å²) in [6.07, 6.45) is -1.31. The number of primary amides is 1. The van der Waals surface area contributed by atoms with Crippen molar-refractivity contribution in [2.24, 2.45) is 11.7 Å². The van der Waals surface area contributed by atoms with Gasteiger partial charge in [0.2, 0.25) is 5.91 Å². The molecule has 0 bridgehead atoms. The summed E-state index contributed by atoms with van der Waals surface area (Å²) in [4.78, 5) is 11.2. The Labute approximate surface area is 97.9 Å². The smallest absolute Gasteiger partial charge is 0.368 e. The molecule has 2 fully saturated rings. The molecule has 0 spiro atoms. The van der Waals surface area contributed by atoms with Crippen molar-refractivity contribution >= 4 is 5.91 Å². The van der Waals surface area contributed by atoms with E-state index in [9.17, 15) is 18.0 Å². The molecule has 0 aromatic carbocycles. The number of halogens is 3. The van der Waals surface area contributed by atoms with Gasteiger partial charge in [-0.3, -0.25) is 4.79 Å². The first-order valence-corrected chi connectivity index (χ1v) is 5.98. The van der Waals surface area contributed by atoms with Crippen LogP contribution in [0.15, 0.2) is 0 Å². The van der Waals surface area contributed by atoms with Crippen molar-refractivity contribution in [3.05, 3.63) is 0 Å². The molecule has 3 N–H and O–H groups in total. The van der Waals surface area contributed by atoms with E-state index in [1.54, 1.807) is 0 Å². The van der Waals surface area contributed by atoms with E-state index < -0.39 is 23.5 Å². The van der Waals surface area contributed by atoms with Crippen molar-refractivity contribution in [3.8, 4) is 0 Å². The van der Waals surface area contributed by atoms with E-state index >= 15 is 0 Å². The van der Waals surface area contributed by atoms with Crippen molar-refractivity contribution < 1.29 is 18.0 Å². The zero-order valence-electron chi connectivity index (χ0n) is 9.52. The summed E-state index contributed by atoms with van der Waals surface area (Å²) in [5, 5.41) is 3.03. The number of nitrogens with one attached hydrogen (secondary N) is 1. The Morgan fingerprint density at radius 1 is 1.29 bits per heavy atom. The molecule has 2 saturated carbocycles. The van der Waals surface area contributed by atoms with E-state index in [0.29, 0.717) is 25.7 Å². The van der Waals surface area contributed by atoms with Crippen molar-refractivity contribution in [2.75, 3.05) is 0 Å². The van der Waals surface area contributed by atoms with Gasteiger partial charge in [-0.15, -0.1) is 0 Å². The fourth-order valence-electron chi connectivity index (χ4n) is 2.60. The molecule has 6 heteroatoms. The summed E-state index contributed by atoms with van der Waals surface area (Å²) in [6.45, 7) is 0. The lowest BCUT2D eigenvalue weighted by Crippen LogP contribution is -2.50. The van der Waals surface area contributed by atoms with E-state index in [1.807, 2.05) is 0 Å². The Hall–Kier alpha value is -0.780. The highest BCUT2D eigenvalue weighted by molar-refractivity contribution is 5.87. The molecule has 0 heterocycles. The molecule has 0 radical (unpaired) electrons. The van der Waals surface area contributed by atoms with Crippen LogP contribution in [-0.4, -0.2) is 23.7 Å². The first-order valence-electron chi connectivity index (χ1n) is 5.98. The van der Waals surface area contributed by atoms with E-state index in [-0.39, 0.29) is 18.9 Å². The molecule has 0 aromatic rings. The highest BCUT2D eigenvalue weighted by Gasteiger charge is 2.51. The standard InChI is InChI=1S/C11H17F3N2O/c12-11(13,14)7-2-1-3-8(6-7)16-10(4-5-10)9(15)17/h7-8,16H,1-6H2,(H2,15,17)/t7-,8-/m1/s1. The first kappa shape index (κ1) is 12.7. The van der Waals surface area contributed by atoms with E-state index in [1.165, 1.54) is 0 Å². The molecular weight excluding hydrogens is 233 g/mol. The Morgan fingerprint density at radius 2 is 1.94 bits per heavy atom. The largest absolute Gasteiger partial charge is 0.391 e. The number of rotatable bonds is 3. The van der Waals surface area contributed by atoms with Gasteiger partial charge in [0.05, 0.1) is 11.5 Å². The summed E-state index contributed by atoms with van der Waals surface area (Å²) in [5.74, 6) is -1.68. The molecule has 2 aliphatic rings. The Balaban J connectivity index is 1.92. The van der Waals surface area contributed by atoms with Crippen LogP contribution in [0.2, 0.25) is 0 Å². The molecule has 2 atom stereocenters.